The summed E-state index contributed by atoms with van der Waals surface area (Å²) < 4.78 is 0. The number of piperazine rings is 1. The third-order valence-electron chi connectivity index (χ3n) is 3.47. The molecule has 1 atom stereocenters. The van der Waals surface area contributed by atoms with Crippen LogP contribution in [-0.4, -0.2) is 59.3 Å². The molecule has 0 aliphatic carbocycles. The van der Waals surface area contributed by atoms with Crippen LogP contribution in [0.2, 0.25) is 0 Å². The number of aromatic nitrogens is 1. The Morgan fingerprint density at radius 1 is 1.39 bits per heavy atom. The summed E-state index contributed by atoms with van der Waals surface area (Å²) in [6.45, 7) is 4.43. The highest BCUT2D eigenvalue weighted by Gasteiger charge is 2.25. The highest BCUT2D eigenvalue weighted by Crippen LogP contribution is 2.28. The lowest BCUT2D eigenvalue weighted by atomic mass is 10.3. The maximum atomic E-state index is 10.6. The van der Waals surface area contributed by atoms with Gasteiger partial charge in [-0.3, -0.25) is 4.90 Å². The molecule has 1 aromatic rings. The van der Waals surface area contributed by atoms with E-state index in [1.54, 1.807) is 18.0 Å². The van der Waals surface area contributed by atoms with Crippen LogP contribution in [-0.2, 0) is 4.79 Å². The molecule has 18 heavy (non-hydrogen) atoms. The molecule has 2 aliphatic rings. The van der Waals surface area contributed by atoms with Gasteiger partial charge in [0.05, 0.1) is 5.37 Å². The van der Waals surface area contributed by atoms with Crippen molar-refractivity contribution in [3.05, 3.63) is 22.8 Å². The summed E-state index contributed by atoms with van der Waals surface area (Å²) in [6.07, 6.45) is 4.02. The van der Waals surface area contributed by atoms with Crippen LogP contribution in [0.3, 0.4) is 0 Å². The minimum absolute atomic E-state index is 0.386. The molecule has 0 N–H and O–H groups in total. The van der Waals surface area contributed by atoms with E-state index in [4.69, 9.17) is 0 Å². The molecule has 1 unspecified atom stereocenters. The summed E-state index contributed by atoms with van der Waals surface area (Å²) in [5.74, 6) is 1.85. The molecule has 0 aromatic carbocycles. The number of thioether (sulfide) groups is 1. The molecule has 0 saturated carbocycles. The standard InChI is InChI=1S/C13H15N3OS/c1-15-2-4-16(5-3-15)13-6-10-8-14-11(9-17)7-12(10)18-13/h6-8,13H,2-5H2,1H3. The fraction of sp³-hybridized carbons (Fsp3) is 0.462. The second-order valence-electron chi connectivity index (χ2n) is 4.72. The van der Waals surface area contributed by atoms with E-state index in [1.807, 2.05) is 12.0 Å². The maximum absolute atomic E-state index is 10.6. The number of hydrogen-bond acceptors (Lipinski definition) is 5. The normalized spacial score (nSPS) is 24.4. The summed E-state index contributed by atoms with van der Waals surface area (Å²) in [6, 6.07) is 1.83. The van der Waals surface area contributed by atoms with E-state index in [9.17, 15) is 4.79 Å². The number of pyridine rings is 1. The van der Waals surface area contributed by atoms with Crippen molar-refractivity contribution in [2.45, 2.75) is 10.3 Å². The summed E-state index contributed by atoms with van der Waals surface area (Å²) in [4.78, 5) is 20.6. The van der Waals surface area contributed by atoms with Crippen molar-refractivity contribution in [2.75, 3.05) is 33.2 Å². The SMILES string of the molecule is CN1CCN(C2C=c3cnc(=C=O)cc3S2)CC1. The zero-order valence-corrected chi connectivity index (χ0v) is 11.1. The fourth-order valence-electron chi connectivity index (χ4n) is 2.30. The Morgan fingerprint density at radius 3 is 2.89 bits per heavy atom. The Labute approximate surface area is 110 Å². The summed E-state index contributed by atoms with van der Waals surface area (Å²) in [5.41, 5.74) is 0. The zero-order valence-electron chi connectivity index (χ0n) is 10.3. The third-order valence-corrected chi connectivity index (χ3v) is 4.75. The molecule has 2 aliphatic heterocycles. The van der Waals surface area contributed by atoms with Crippen LogP contribution in [0.25, 0.3) is 6.08 Å². The molecule has 0 spiro atoms. The third kappa shape index (κ3) is 2.22. The van der Waals surface area contributed by atoms with Gasteiger partial charge in [-0.25, -0.2) is 9.78 Å². The Bertz CT molecular complexity index is 589. The predicted molar refractivity (Wildman–Crippen MR) is 71.5 cm³/mol. The average molecular weight is 261 g/mol. The average Bonchev–Trinajstić information content (AvgIpc) is 2.82. The first kappa shape index (κ1) is 11.9. The Kier molecular flexibility index (Phi) is 3.22. The molecule has 0 amide bonds. The molecule has 0 bridgehead atoms. The van der Waals surface area contributed by atoms with Gasteiger partial charge in [-0.15, -0.1) is 11.8 Å². The van der Waals surface area contributed by atoms with Gasteiger partial charge in [0.1, 0.15) is 5.35 Å². The molecule has 1 saturated heterocycles. The van der Waals surface area contributed by atoms with Gasteiger partial charge in [0.2, 0.25) is 0 Å². The summed E-state index contributed by atoms with van der Waals surface area (Å²) in [5, 5.41) is 1.93. The number of nitrogens with zero attached hydrogens (tertiary/aromatic N) is 3. The van der Waals surface area contributed by atoms with Crippen molar-refractivity contribution in [1.82, 2.24) is 14.8 Å². The lowest BCUT2D eigenvalue weighted by Gasteiger charge is -2.35. The van der Waals surface area contributed by atoms with E-state index in [2.05, 4.69) is 27.9 Å². The largest absolute Gasteiger partial charge is 0.304 e. The first-order valence-electron chi connectivity index (χ1n) is 6.08. The number of carbonyl (C=O) groups excluding carboxylic acids is 1. The summed E-state index contributed by atoms with van der Waals surface area (Å²) >= 11 is 1.81. The molecule has 5 heteroatoms. The quantitative estimate of drug-likeness (QED) is 0.651. The van der Waals surface area contributed by atoms with E-state index < -0.39 is 0 Å². The van der Waals surface area contributed by atoms with E-state index in [0.717, 1.165) is 36.3 Å². The number of hydrogen-bond donors (Lipinski definition) is 0. The van der Waals surface area contributed by atoms with Crippen LogP contribution in [0, 0.1) is 0 Å². The Balaban J connectivity index is 1.81. The smallest absolute Gasteiger partial charge is 0.152 e. The first-order chi connectivity index (χ1) is 8.76. The van der Waals surface area contributed by atoms with Crippen molar-refractivity contribution in [1.29, 1.82) is 0 Å². The second kappa shape index (κ2) is 4.86. The molecule has 94 valence electrons. The van der Waals surface area contributed by atoms with Gasteiger partial charge in [-0.2, -0.15) is 0 Å². The van der Waals surface area contributed by atoms with Crippen molar-refractivity contribution < 1.29 is 4.79 Å². The molecule has 4 nitrogen and oxygen atoms in total. The lowest BCUT2D eigenvalue weighted by molar-refractivity contribution is 0.161. The molecular weight excluding hydrogens is 246 g/mol. The van der Waals surface area contributed by atoms with Gasteiger partial charge < -0.3 is 4.90 Å². The van der Waals surface area contributed by atoms with Gasteiger partial charge >= 0.3 is 0 Å². The molecule has 1 fully saturated rings. The number of fused-ring (bicyclic) bond motifs is 1. The highest BCUT2D eigenvalue weighted by molar-refractivity contribution is 8.00. The van der Waals surface area contributed by atoms with Crippen molar-refractivity contribution in [3.8, 4) is 0 Å². The minimum Gasteiger partial charge on any atom is -0.304 e. The Morgan fingerprint density at radius 2 is 2.17 bits per heavy atom. The monoisotopic (exact) mass is 261 g/mol. The van der Waals surface area contributed by atoms with Crippen LogP contribution >= 0.6 is 11.8 Å². The van der Waals surface area contributed by atoms with Crippen LogP contribution in [0.4, 0.5) is 0 Å². The second-order valence-corrected chi connectivity index (χ2v) is 5.88. The van der Waals surface area contributed by atoms with Gasteiger partial charge in [0.25, 0.3) is 0 Å². The minimum atomic E-state index is 0.386. The van der Waals surface area contributed by atoms with Gasteiger partial charge in [-0.1, -0.05) is 0 Å². The van der Waals surface area contributed by atoms with Crippen molar-refractivity contribution in [2.24, 2.45) is 0 Å². The highest BCUT2D eigenvalue weighted by atomic mass is 32.2. The summed E-state index contributed by atoms with van der Waals surface area (Å²) in [7, 11) is 2.16. The van der Waals surface area contributed by atoms with E-state index in [-0.39, 0.29) is 0 Å². The molecular formula is C13H15N3OS. The first-order valence-corrected chi connectivity index (χ1v) is 6.96. The molecule has 3 rings (SSSR count). The molecule has 1 aromatic heterocycles. The van der Waals surface area contributed by atoms with Crippen LogP contribution in [0.15, 0.2) is 17.2 Å². The van der Waals surface area contributed by atoms with Crippen molar-refractivity contribution >= 4 is 23.8 Å². The van der Waals surface area contributed by atoms with Gasteiger partial charge in [-0.05, 0) is 19.2 Å². The van der Waals surface area contributed by atoms with E-state index in [1.165, 1.54) is 0 Å². The van der Waals surface area contributed by atoms with E-state index in [0.29, 0.717) is 10.7 Å². The lowest BCUT2D eigenvalue weighted by Crippen LogP contribution is -2.47. The van der Waals surface area contributed by atoms with E-state index >= 15 is 0 Å². The van der Waals surface area contributed by atoms with Gasteiger partial charge in [0, 0.05) is 42.5 Å². The van der Waals surface area contributed by atoms with Crippen LogP contribution < -0.4 is 10.6 Å². The maximum Gasteiger partial charge on any atom is 0.152 e. The fourth-order valence-corrected chi connectivity index (χ4v) is 3.58. The van der Waals surface area contributed by atoms with Crippen LogP contribution in [0.1, 0.15) is 0 Å². The van der Waals surface area contributed by atoms with Crippen molar-refractivity contribution in [3.63, 3.8) is 0 Å². The van der Waals surface area contributed by atoms with Gasteiger partial charge in [0.15, 0.2) is 5.94 Å². The topological polar surface area (TPSA) is 36.4 Å². The molecule has 0 radical (unpaired) electrons. The van der Waals surface area contributed by atoms with Crippen LogP contribution in [0.5, 0.6) is 0 Å². The zero-order chi connectivity index (χ0) is 12.5. The molecule has 3 heterocycles. The number of likely N-dealkylation sites (N-methyl/N-ethyl adjacent to an activating group) is 1. The number of rotatable bonds is 1. The predicted octanol–water partition coefficient (Wildman–Crippen LogP) is -0.955. The Hall–Kier alpha value is -1.13.